The Kier molecular flexibility index (Phi) is 5.38. The maximum atomic E-state index is 10.7. The molecule has 19 heavy (non-hydrogen) atoms. The summed E-state index contributed by atoms with van der Waals surface area (Å²) in [5.74, 6) is -0.0777. The number of carbonyl (C=O) groups is 1. The minimum absolute atomic E-state index is 0.0485. The van der Waals surface area contributed by atoms with E-state index in [9.17, 15) is 4.79 Å². The van der Waals surface area contributed by atoms with E-state index in [1.807, 2.05) is 20.8 Å². The zero-order chi connectivity index (χ0) is 14.7. The summed E-state index contributed by atoms with van der Waals surface area (Å²) in [6, 6.07) is -0.417. The lowest BCUT2D eigenvalue weighted by molar-refractivity contribution is -0.137. The van der Waals surface area contributed by atoms with Crippen LogP contribution >= 0.6 is 15.9 Å². The summed E-state index contributed by atoms with van der Waals surface area (Å²) in [6.45, 7) is 6.00. The first-order valence-corrected chi connectivity index (χ1v) is 6.88. The fourth-order valence-electron chi connectivity index (χ4n) is 2.23. The van der Waals surface area contributed by atoms with Crippen molar-refractivity contribution in [1.82, 2.24) is 0 Å². The van der Waals surface area contributed by atoms with E-state index in [1.54, 1.807) is 7.11 Å². The lowest BCUT2D eigenvalue weighted by Crippen LogP contribution is -2.27. The van der Waals surface area contributed by atoms with E-state index in [-0.39, 0.29) is 6.42 Å². The van der Waals surface area contributed by atoms with Crippen molar-refractivity contribution < 1.29 is 14.6 Å². The van der Waals surface area contributed by atoms with Gasteiger partial charge in [0.2, 0.25) is 0 Å². The van der Waals surface area contributed by atoms with Crippen LogP contribution in [0.3, 0.4) is 0 Å². The number of carboxylic acid groups (broad SMARTS) is 1. The van der Waals surface area contributed by atoms with Gasteiger partial charge in [-0.3, -0.25) is 4.79 Å². The van der Waals surface area contributed by atoms with Crippen LogP contribution in [-0.2, 0) is 11.2 Å². The van der Waals surface area contributed by atoms with Crippen LogP contribution in [0.4, 0.5) is 0 Å². The van der Waals surface area contributed by atoms with Crippen molar-refractivity contribution in [2.75, 3.05) is 7.11 Å². The van der Waals surface area contributed by atoms with Crippen molar-refractivity contribution in [3.63, 3.8) is 0 Å². The first kappa shape index (κ1) is 16.0. The Hall–Kier alpha value is -1.07. The molecule has 0 amide bonds. The van der Waals surface area contributed by atoms with Crippen molar-refractivity contribution in [3.8, 4) is 5.75 Å². The van der Waals surface area contributed by atoms with Gasteiger partial charge in [-0.15, -0.1) is 0 Å². The lowest BCUT2D eigenvalue weighted by Gasteiger charge is -2.20. The maximum Gasteiger partial charge on any atom is 0.304 e. The molecule has 0 aliphatic heterocycles. The molecule has 0 saturated heterocycles. The smallest absolute Gasteiger partial charge is 0.304 e. The van der Waals surface area contributed by atoms with E-state index in [0.29, 0.717) is 6.42 Å². The first-order chi connectivity index (χ1) is 8.79. The van der Waals surface area contributed by atoms with Gasteiger partial charge in [-0.05, 0) is 49.4 Å². The zero-order valence-corrected chi connectivity index (χ0v) is 13.3. The number of rotatable bonds is 5. The summed E-state index contributed by atoms with van der Waals surface area (Å²) < 4.78 is 6.51. The second-order valence-electron chi connectivity index (χ2n) is 4.76. The molecule has 0 aliphatic carbocycles. The lowest BCUT2D eigenvalue weighted by atomic mass is 9.93. The molecule has 1 unspecified atom stereocenters. The Morgan fingerprint density at radius 3 is 2.37 bits per heavy atom. The summed E-state index contributed by atoms with van der Waals surface area (Å²) in [5.41, 5.74) is 10.1. The number of benzene rings is 1. The van der Waals surface area contributed by atoms with Gasteiger partial charge in [0.25, 0.3) is 0 Å². The number of carboxylic acids is 1. The number of ether oxygens (including phenoxy) is 1. The minimum Gasteiger partial charge on any atom is -0.496 e. The second-order valence-corrected chi connectivity index (χ2v) is 5.56. The van der Waals surface area contributed by atoms with Gasteiger partial charge in [-0.1, -0.05) is 15.9 Å². The summed E-state index contributed by atoms with van der Waals surface area (Å²) in [6.07, 6.45) is 0.439. The maximum absolute atomic E-state index is 10.7. The van der Waals surface area contributed by atoms with Crippen LogP contribution in [-0.4, -0.2) is 24.2 Å². The van der Waals surface area contributed by atoms with Gasteiger partial charge in [0.1, 0.15) is 5.75 Å². The van der Waals surface area contributed by atoms with E-state index in [1.165, 1.54) is 0 Å². The fourth-order valence-corrected chi connectivity index (χ4v) is 2.76. The second kappa shape index (κ2) is 6.39. The van der Waals surface area contributed by atoms with Crippen molar-refractivity contribution in [2.45, 2.75) is 39.7 Å². The third-order valence-electron chi connectivity index (χ3n) is 3.40. The van der Waals surface area contributed by atoms with Gasteiger partial charge in [0.05, 0.1) is 13.5 Å². The molecule has 0 bridgehead atoms. The summed E-state index contributed by atoms with van der Waals surface area (Å²) in [5, 5.41) is 8.79. The van der Waals surface area contributed by atoms with Crippen molar-refractivity contribution in [2.24, 2.45) is 5.73 Å². The Labute approximate surface area is 122 Å². The third-order valence-corrected chi connectivity index (χ3v) is 4.59. The van der Waals surface area contributed by atoms with Crippen LogP contribution in [0.2, 0.25) is 0 Å². The molecular weight excluding hydrogens is 310 g/mol. The van der Waals surface area contributed by atoms with Crippen LogP contribution in [0, 0.1) is 20.8 Å². The number of halogens is 1. The molecule has 4 nitrogen and oxygen atoms in total. The topological polar surface area (TPSA) is 72.5 Å². The van der Waals surface area contributed by atoms with Crippen LogP contribution < -0.4 is 10.5 Å². The largest absolute Gasteiger partial charge is 0.496 e. The Bertz CT molecular complexity index is 500. The predicted octanol–water partition coefficient (Wildman–Crippen LogP) is 2.73. The SMILES string of the molecule is COc1c(C)c(C)c(Br)c(C)c1CC(N)CC(=O)O. The van der Waals surface area contributed by atoms with Gasteiger partial charge in [-0.25, -0.2) is 0 Å². The Morgan fingerprint density at radius 1 is 1.32 bits per heavy atom. The average Bonchev–Trinajstić information content (AvgIpc) is 2.33. The third kappa shape index (κ3) is 3.48. The summed E-state index contributed by atoms with van der Waals surface area (Å²) >= 11 is 3.57. The number of hydrogen-bond donors (Lipinski definition) is 2. The molecule has 1 aromatic rings. The molecule has 0 aliphatic rings. The van der Waals surface area contributed by atoms with E-state index < -0.39 is 12.0 Å². The van der Waals surface area contributed by atoms with Crippen LogP contribution in [0.15, 0.2) is 4.47 Å². The number of nitrogens with two attached hydrogens (primary N) is 1. The summed E-state index contributed by atoms with van der Waals surface area (Å²) in [4.78, 5) is 10.7. The highest BCUT2D eigenvalue weighted by Gasteiger charge is 2.19. The molecule has 106 valence electrons. The number of aliphatic carboxylic acids is 1. The Morgan fingerprint density at radius 2 is 1.89 bits per heavy atom. The molecule has 1 rings (SSSR count). The highest BCUT2D eigenvalue weighted by Crippen LogP contribution is 2.36. The van der Waals surface area contributed by atoms with Crippen molar-refractivity contribution >= 4 is 21.9 Å². The molecule has 1 atom stereocenters. The molecule has 0 spiro atoms. The van der Waals surface area contributed by atoms with Gasteiger partial charge in [-0.2, -0.15) is 0 Å². The molecule has 0 saturated carbocycles. The molecule has 3 N–H and O–H groups in total. The molecular formula is C14H20BrNO3. The Balaban J connectivity index is 3.22. The van der Waals surface area contributed by atoms with Crippen LogP contribution in [0.25, 0.3) is 0 Å². The first-order valence-electron chi connectivity index (χ1n) is 6.09. The highest BCUT2D eigenvalue weighted by atomic mass is 79.9. The van der Waals surface area contributed by atoms with Crippen molar-refractivity contribution in [3.05, 3.63) is 26.7 Å². The molecule has 1 aromatic carbocycles. The zero-order valence-electron chi connectivity index (χ0n) is 11.7. The van der Waals surface area contributed by atoms with Gasteiger partial charge in [0.15, 0.2) is 0 Å². The average molecular weight is 330 g/mol. The number of methoxy groups -OCH3 is 1. The number of hydrogen-bond acceptors (Lipinski definition) is 3. The van der Waals surface area contributed by atoms with E-state index in [4.69, 9.17) is 15.6 Å². The monoisotopic (exact) mass is 329 g/mol. The van der Waals surface area contributed by atoms with Crippen molar-refractivity contribution in [1.29, 1.82) is 0 Å². The minimum atomic E-state index is -0.882. The van der Waals surface area contributed by atoms with Crippen LogP contribution in [0.5, 0.6) is 5.75 Å². The van der Waals surface area contributed by atoms with E-state index in [2.05, 4.69) is 15.9 Å². The van der Waals surface area contributed by atoms with Crippen LogP contribution in [0.1, 0.15) is 28.7 Å². The van der Waals surface area contributed by atoms with E-state index in [0.717, 1.165) is 32.5 Å². The molecule has 0 heterocycles. The molecule has 0 aromatic heterocycles. The molecule has 5 heteroatoms. The fraction of sp³-hybridized carbons (Fsp3) is 0.500. The summed E-state index contributed by atoms with van der Waals surface area (Å²) in [7, 11) is 1.63. The van der Waals surface area contributed by atoms with Gasteiger partial charge >= 0.3 is 5.97 Å². The normalized spacial score (nSPS) is 12.3. The standard InChI is InChI=1S/C14H20BrNO3/c1-7-8(2)14(19-4)11(9(3)13(7)15)5-10(16)6-12(17)18/h10H,5-6,16H2,1-4H3,(H,17,18). The van der Waals surface area contributed by atoms with E-state index >= 15 is 0 Å². The predicted molar refractivity (Wildman–Crippen MR) is 78.8 cm³/mol. The quantitative estimate of drug-likeness (QED) is 0.871. The van der Waals surface area contributed by atoms with Gasteiger partial charge < -0.3 is 15.6 Å². The molecule has 0 radical (unpaired) electrons. The van der Waals surface area contributed by atoms with Gasteiger partial charge in [0, 0.05) is 10.5 Å². The highest BCUT2D eigenvalue weighted by molar-refractivity contribution is 9.10. The molecule has 0 fully saturated rings.